The highest BCUT2D eigenvalue weighted by molar-refractivity contribution is 6.30. The zero-order valence-electron chi connectivity index (χ0n) is 16.0. The van der Waals surface area contributed by atoms with Gasteiger partial charge in [-0.1, -0.05) is 23.7 Å². The van der Waals surface area contributed by atoms with Crippen molar-refractivity contribution in [3.05, 3.63) is 64.7 Å². The van der Waals surface area contributed by atoms with Crippen molar-refractivity contribution in [3.63, 3.8) is 0 Å². The average molecular weight is 402 g/mol. The second-order valence-corrected chi connectivity index (χ2v) is 7.63. The van der Waals surface area contributed by atoms with Crippen LogP contribution in [0.4, 0.5) is 0 Å². The maximum atomic E-state index is 12.6. The molecule has 0 unspecified atom stereocenters. The first-order valence-electron chi connectivity index (χ1n) is 9.58. The molecular weight excluding hydrogens is 376 g/mol. The van der Waals surface area contributed by atoms with Gasteiger partial charge in [0.15, 0.2) is 12.3 Å². The summed E-state index contributed by atoms with van der Waals surface area (Å²) in [5.41, 5.74) is 1.76. The molecule has 0 bridgehead atoms. The van der Waals surface area contributed by atoms with Gasteiger partial charge >= 0.3 is 0 Å². The lowest BCUT2D eigenvalue weighted by Crippen LogP contribution is -3.14. The molecular formula is C22H26ClN2O3+. The Morgan fingerprint density at radius 3 is 2.32 bits per heavy atom. The quantitative estimate of drug-likeness (QED) is 0.699. The van der Waals surface area contributed by atoms with Crippen LogP contribution in [0.3, 0.4) is 0 Å². The Morgan fingerprint density at radius 1 is 1.07 bits per heavy atom. The van der Waals surface area contributed by atoms with Crippen LogP contribution in [0, 0.1) is 5.92 Å². The van der Waals surface area contributed by atoms with Gasteiger partial charge < -0.3 is 15.0 Å². The molecule has 1 aliphatic heterocycles. The zero-order valence-corrected chi connectivity index (χ0v) is 16.8. The van der Waals surface area contributed by atoms with Gasteiger partial charge in [0.1, 0.15) is 5.75 Å². The fourth-order valence-electron chi connectivity index (χ4n) is 3.55. The number of halogens is 1. The summed E-state index contributed by atoms with van der Waals surface area (Å²) in [5.74, 6) is 1.05. The predicted molar refractivity (Wildman–Crippen MR) is 109 cm³/mol. The Hall–Kier alpha value is -2.37. The molecule has 1 saturated heterocycles. The number of benzene rings is 2. The van der Waals surface area contributed by atoms with E-state index < -0.39 is 0 Å². The van der Waals surface area contributed by atoms with Crippen molar-refractivity contribution < 1.29 is 19.2 Å². The van der Waals surface area contributed by atoms with Gasteiger partial charge in [0.2, 0.25) is 0 Å². The zero-order chi connectivity index (χ0) is 19.9. The van der Waals surface area contributed by atoms with Crippen molar-refractivity contribution in [2.45, 2.75) is 19.4 Å². The lowest BCUT2D eigenvalue weighted by Gasteiger charge is -2.28. The molecule has 0 saturated carbocycles. The number of methoxy groups -OCH3 is 1. The van der Waals surface area contributed by atoms with Crippen molar-refractivity contribution in [1.29, 1.82) is 0 Å². The smallest absolute Gasteiger partial charge is 0.275 e. The number of nitrogens with one attached hydrogen (secondary N) is 2. The number of carbonyl (C=O) groups is 2. The summed E-state index contributed by atoms with van der Waals surface area (Å²) >= 11 is 5.89. The molecule has 0 aliphatic carbocycles. The van der Waals surface area contributed by atoms with E-state index in [1.165, 1.54) is 4.90 Å². The minimum atomic E-state index is 0.0345. The van der Waals surface area contributed by atoms with E-state index in [0.29, 0.717) is 18.1 Å². The number of amides is 1. The lowest BCUT2D eigenvalue weighted by atomic mass is 9.89. The molecule has 28 heavy (non-hydrogen) atoms. The minimum absolute atomic E-state index is 0.0345. The van der Waals surface area contributed by atoms with Gasteiger partial charge in [-0.3, -0.25) is 9.59 Å². The van der Waals surface area contributed by atoms with Crippen LogP contribution in [0.2, 0.25) is 5.02 Å². The number of rotatable bonds is 7. The van der Waals surface area contributed by atoms with Crippen LogP contribution in [-0.4, -0.2) is 38.4 Å². The van der Waals surface area contributed by atoms with Crippen LogP contribution in [-0.2, 0) is 11.3 Å². The number of ketones is 1. The highest BCUT2D eigenvalue weighted by Crippen LogP contribution is 2.18. The number of piperidine rings is 1. The summed E-state index contributed by atoms with van der Waals surface area (Å²) in [6.45, 7) is 2.62. The molecule has 0 atom stereocenters. The summed E-state index contributed by atoms with van der Waals surface area (Å²) in [4.78, 5) is 26.1. The van der Waals surface area contributed by atoms with Gasteiger partial charge in [0, 0.05) is 35.9 Å². The number of likely N-dealkylation sites (tertiary alicyclic amines) is 1. The minimum Gasteiger partial charge on any atom is -0.497 e. The van der Waals surface area contributed by atoms with E-state index >= 15 is 0 Å². The highest BCUT2D eigenvalue weighted by atomic mass is 35.5. The van der Waals surface area contributed by atoms with Crippen LogP contribution < -0.4 is 15.0 Å². The number of quaternary nitrogens is 1. The molecule has 6 heteroatoms. The molecule has 1 fully saturated rings. The molecule has 0 radical (unpaired) electrons. The second-order valence-electron chi connectivity index (χ2n) is 7.20. The molecule has 0 spiro atoms. The summed E-state index contributed by atoms with van der Waals surface area (Å²) < 4.78 is 5.13. The van der Waals surface area contributed by atoms with E-state index in [-0.39, 0.29) is 17.6 Å². The highest BCUT2D eigenvalue weighted by Gasteiger charge is 2.29. The molecule has 2 aromatic rings. The molecule has 3 rings (SSSR count). The maximum Gasteiger partial charge on any atom is 0.275 e. The molecule has 0 aromatic heterocycles. The molecule has 5 nitrogen and oxygen atoms in total. The fraction of sp³-hybridized carbons (Fsp3) is 0.364. The monoisotopic (exact) mass is 401 g/mol. The predicted octanol–water partition coefficient (Wildman–Crippen LogP) is 2.14. The Bertz CT molecular complexity index is 798. The third-order valence-electron chi connectivity index (χ3n) is 5.25. The first-order valence-corrected chi connectivity index (χ1v) is 9.96. The van der Waals surface area contributed by atoms with E-state index in [0.717, 1.165) is 42.8 Å². The molecule has 1 amide bonds. The van der Waals surface area contributed by atoms with Crippen LogP contribution in [0.5, 0.6) is 5.75 Å². The van der Waals surface area contributed by atoms with Crippen molar-refractivity contribution >= 4 is 23.3 Å². The SMILES string of the molecule is COc1ccc(CNC(=O)C[NH+]2CCC(C(=O)c3ccc(Cl)cc3)CC2)cc1. The van der Waals surface area contributed by atoms with E-state index in [1.54, 1.807) is 31.4 Å². The third-order valence-corrected chi connectivity index (χ3v) is 5.50. The number of Topliss-reactive ketones (excluding diaryl/α,β-unsaturated/α-hetero) is 1. The summed E-state index contributed by atoms with van der Waals surface area (Å²) in [5, 5.41) is 3.60. The number of ether oxygens (including phenoxy) is 1. The summed E-state index contributed by atoms with van der Waals surface area (Å²) in [6.07, 6.45) is 1.62. The van der Waals surface area contributed by atoms with Crippen LogP contribution in [0.25, 0.3) is 0 Å². The number of hydrogen-bond donors (Lipinski definition) is 2. The molecule has 148 valence electrons. The van der Waals surface area contributed by atoms with Gasteiger partial charge in [-0.05, 0) is 42.0 Å². The fourth-order valence-corrected chi connectivity index (χ4v) is 3.67. The van der Waals surface area contributed by atoms with E-state index in [4.69, 9.17) is 16.3 Å². The van der Waals surface area contributed by atoms with E-state index in [2.05, 4.69) is 5.32 Å². The maximum absolute atomic E-state index is 12.6. The number of carbonyl (C=O) groups excluding carboxylic acids is 2. The Morgan fingerprint density at radius 2 is 1.71 bits per heavy atom. The summed E-state index contributed by atoms with van der Waals surface area (Å²) in [6, 6.07) is 14.7. The Kier molecular flexibility index (Phi) is 7.06. The summed E-state index contributed by atoms with van der Waals surface area (Å²) in [7, 11) is 1.63. The molecule has 2 N–H and O–H groups in total. The van der Waals surface area contributed by atoms with E-state index in [9.17, 15) is 9.59 Å². The largest absolute Gasteiger partial charge is 0.497 e. The Balaban J connectivity index is 1.41. The van der Waals surface area contributed by atoms with Gasteiger partial charge in [-0.25, -0.2) is 0 Å². The van der Waals surface area contributed by atoms with Crippen LogP contribution in [0.1, 0.15) is 28.8 Å². The van der Waals surface area contributed by atoms with Gasteiger partial charge in [-0.2, -0.15) is 0 Å². The van der Waals surface area contributed by atoms with Gasteiger partial charge in [0.25, 0.3) is 5.91 Å². The lowest BCUT2D eigenvalue weighted by molar-refractivity contribution is -0.897. The van der Waals surface area contributed by atoms with Crippen molar-refractivity contribution in [1.82, 2.24) is 5.32 Å². The topological polar surface area (TPSA) is 59.8 Å². The standard InChI is InChI=1S/C22H25ClN2O3/c1-28-20-8-2-16(3-9-20)14-24-21(26)15-25-12-10-18(11-13-25)22(27)17-4-6-19(23)7-5-17/h2-9,18H,10-15H2,1H3,(H,24,26)/p+1. The molecule has 2 aromatic carbocycles. The Labute approximate surface area is 170 Å². The van der Waals surface area contributed by atoms with E-state index in [1.807, 2.05) is 24.3 Å². The third kappa shape index (κ3) is 5.57. The average Bonchev–Trinajstić information content (AvgIpc) is 2.73. The molecule has 1 aliphatic rings. The van der Waals surface area contributed by atoms with Crippen LogP contribution in [0.15, 0.2) is 48.5 Å². The van der Waals surface area contributed by atoms with Crippen molar-refractivity contribution in [2.24, 2.45) is 5.92 Å². The van der Waals surface area contributed by atoms with Crippen LogP contribution >= 0.6 is 11.6 Å². The molecule has 1 heterocycles. The number of hydrogen-bond acceptors (Lipinski definition) is 3. The normalized spacial score (nSPS) is 19.1. The first-order chi connectivity index (χ1) is 13.5. The second kappa shape index (κ2) is 9.71. The first kappa shape index (κ1) is 20.4. The van der Waals surface area contributed by atoms with Gasteiger partial charge in [-0.15, -0.1) is 0 Å². The van der Waals surface area contributed by atoms with Crippen molar-refractivity contribution in [2.75, 3.05) is 26.7 Å². The van der Waals surface area contributed by atoms with Gasteiger partial charge in [0.05, 0.1) is 20.2 Å². The van der Waals surface area contributed by atoms with Crippen molar-refractivity contribution in [3.8, 4) is 5.75 Å².